The highest BCUT2D eigenvalue weighted by Crippen LogP contribution is 2.66. The predicted molar refractivity (Wildman–Crippen MR) is 167 cm³/mol. The molecule has 2 fully saturated rings. The van der Waals surface area contributed by atoms with Crippen molar-refractivity contribution >= 4 is 12.1 Å². The van der Waals surface area contributed by atoms with Crippen LogP contribution in [0.15, 0.2) is 60.7 Å². The first-order chi connectivity index (χ1) is 20.1. The Labute approximate surface area is 258 Å². The Hall–Kier alpha value is -2.90. The summed E-state index contributed by atoms with van der Waals surface area (Å²) in [5.41, 5.74) is 0.0275. The van der Waals surface area contributed by atoms with E-state index in [4.69, 9.17) is 18.9 Å². The summed E-state index contributed by atoms with van der Waals surface area (Å²) in [7, 11) is 1.81. The normalized spacial score (nSPS) is 25.0. The van der Waals surface area contributed by atoms with Crippen LogP contribution in [0.3, 0.4) is 0 Å². The molecule has 2 aliphatic rings. The van der Waals surface area contributed by atoms with Gasteiger partial charge < -0.3 is 24.3 Å². The van der Waals surface area contributed by atoms with E-state index >= 15 is 0 Å². The Balaban J connectivity index is 1.82. The number of methoxy groups -OCH3 is 1. The predicted octanol–water partition coefficient (Wildman–Crippen LogP) is 7.81. The van der Waals surface area contributed by atoms with E-state index in [1.165, 1.54) is 0 Å². The molecule has 236 valence electrons. The number of hydrogen-bond acceptors (Lipinski definition) is 7. The smallest absolute Gasteiger partial charge is 0.460 e. The Bertz CT molecular complexity index is 1230. The van der Waals surface area contributed by atoms with E-state index in [0.29, 0.717) is 18.0 Å². The molecule has 7 heteroatoms. The van der Waals surface area contributed by atoms with Crippen LogP contribution < -0.4 is 5.32 Å². The van der Waals surface area contributed by atoms with Crippen LogP contribution in [-0.4, -0.2) is 43.1 Å². The van der Waals surface area contributed by atoms with Gasteiger partial charge in [-0.2, -0.15) is 0 Å². The molecule has 0 saturated heterocycles. The summed E-state index contributed by atoms with van der Waals surface area (Å²) in [4.78, 5) is 27.6. The molecule has 0 unspecified atom stereocenters. The van der Waals surface area contributed by atoms with Gasteiger partial charge in [0.15, 0.2) is 0 Å². The minimum Gasteiger partial charge on any atom is -0.460 e. The Morgan fingerprint density at radius 3 is 1.95 bits per heavy atom. The summed E-state index contributed by atoms with van der Waals surface area (Å²) in [6.07, 6.45) is 1.54. The quantitative estimate of drug-likeness (QED) is 0.281. The maximum atomic E-state index is 14.3. The lowest BCUT2D eigenvalue weighted by Gasteiger charge is -2.44. The number of nitrogens with one attached hydrogen (secondary N) is 1. The first-order valence-corrected chi connectivity index (χ1v) is 15.6. The van der Waals surface area contributed by atoms with Gasteiger partial charge in [0.2, 0.25) is 0 Å². The van der Waals surface area contributed by atoms with Crippen LogP contribution in [0.1, 0.15) is 97.9 Å². The van der Waals surface area contributed by atoms with Gasteiger partial charge in [0.05, 0.1) is 6.10 Å². The third kappa shape index (κ3) is 7.26. The highest BCUT2D eigenvalue weighted by molar-refractivity contribution is 5.76. The van der Waals surface area contributed by atoms with Crippen molar-refractivity contribution in [1.29, 1.82) is 0 Å². The van der Waals surface area contributed by atoms with Gasteiger partial charge in [-0.25, -0.2) is 4.79 Å². The molecule has 0 aliphatic heterocycles. The van der Waals surface area contributed by atoms with Gasteiger partial charge in [-0.3, -0.25) is 4.79 Å². The average Bonchev–Trinajstić information content (AvgIpc) is 3.29. The molecule has 2 aromatic carbocycles. The van der Waals surface area contributed by atoms with Crippen molar-refractivity contribution in [1.82, 2.24) is 5.32 Å². The highest BCUT2D eigenvalue weighted by Gasteiger charge is 2.64. The number of ether oxygens (including phenoxy) is 4. The molecule has 6 atom stereocenters. The molecular weight excluding hydrogens is 542 g/mol. The third-order valence-corrected chi connectivity index (χ3v) is 9.54. The van der Waals surface area contributed by atoms with Gasteiger partial charge >= 0.3 is 12.1 Å². The second-order valence-corrected chi connectivity index (χ2v) is 14.8. The number of benzene rings is 2. The molecule has 43 heavy (non-hydrogen) atoms. The lowest BCUT2D eigenvalue weighted by atomic mass is 9.68. The zero-order chi connectivity index (χ0) is 31.6. The van der Waals surface area contributed by atoms with Gasteiger partial charge in [0.1, 0.15) is 23.2 Å². The highest BCUT2D eigenvalue weighted by atomic mass is 16.7. The van der Waals surface area contributed by atoms with Crippen LogP contribution in [0.5, 0.6) is 0 Å². The fraction of sp³-hybridized carbons (Fsp3) is 0.611. The number of carbonyl (C=O) groups is 2. The number of carbonyl (C=O) groups excluding carboxylic acids is 2. The SMILES string of the molecule is CO[C@@H]1C[C@H]2CC[C@]1(CN[C@H](c1ccccc1)[C@H](C(=O)OC(C)(C)C)[C@@H](OC(=O)OC(C)(C)C)c1ccccc1)C2(C)C. The van der Waals surface area contributed by atoms with Crippen molar-refractivity contribution in [3.8, 4) is 0 Å². The Morgan fingerprint density at radius 2 is 1.44 bits per heavy atom. The number of fused-ring (bicyclic) bond motifs is 2. The average molecular weight is 594 g/mol. The van der Waals surface area contributed by atoms with E-state index in [9.17, 15) is 9.59 Å². The molecule has 7 nitrogen and oxygen atoms in total. The molecule has 4 rings (SSSR count). The van der Waals surface area contributed by atoms with Gasteiger partial charge in [-0.1, -0.05) is 74.5 Å². The van der Waals surface area contributed by atoms with Crippen LogP contribution in [0.25, 0.3) is 0 Å². The molecular formula is C36H51NO6. The van der Waals surface area contributed by atoms with E-state index in [-0.39, 0.29) is 16.9 Å². The van der Waals surface area contributed by atoms with Crippen molar-refractivity contribution in [2.24, 2.45) is 22.7 Å². The summed E-state index contributed by atoms with van der Waals surface area (Å²) >= 11 is 0. The first-order valence-electron chi connectivity index (χ1n) is 15.6. The minimum atomic E-state index is -0.979. The van der Waals surface area contributed by atoms with Crippen molar-refractivity contribution in [3.05, 3.63) is 71.8 Å². The number of rotatable bonds is 10. The van der Waals surface area contributed by atoms with Crippen LogP contribution in [0.2, 0.25) is 0 Å². The molecule has 2 saturated carbocycles. The fourth-order valence-electron chi connectivity index (χ4n) is 7.32. The first kappa shape index (κ1) is 33.0. The lowest BCUT2D eigenvalue weighted by molar-refractivity contribution is -0.167. The summed E-state index contributed by atoms with van der Waals surface area (Å²) in [5, 5.41) is 3.84. The Morgan fingerprint density at radius 1 is 0.884 bits per heavy atom. The van der Waals surface area contributed by atoms with E-state index in [2.05, 4.69) is 19.2 Å². The maximum Gasteiger partial charge on any atom is 0.509 e. The second kappa shape index (κ2) is 12.6. The largest absolute Gasteiger partial charge is 0.509 e. The summed E-state index contributed by atoms with van der Waals surface area (Å²) in [6.45, 7) is 16.3. The fourth-order valence-corrected chi connectivity index (χ4v) is 7.32. The van der Waals surface area contributed by atoms with Gasteiger partial charge in [0, 0.05) is 25.1 Å². The standard InChI is InChI=1S/C36H51NO6/c1-33(2,3)42-31(38)28(30(25-18-14-11-15-19-25)41-32(39)43-34(4,5)6)29(24-16-12-10-13-17-24)37-23-36-21-20-26(35(36,7)8)22-27(36)40-9/h10-19,26-30,37H,20-23H2,1-9H3/t26-,27-,28+,29-,30+,36-/m1/s1. The molecule has 0 heterocycles. The van der Waals surface area contributed by atoms with Gasteiger partial charge in [0.25, 0.3) is 0 Å². The van der Waals surface area contributed by atoms with Crippen molar-refractivity contribution in [2.75, 3.05) is 13.7 Å². The number of esters is 1. The Kier molecular flexibility index (Phi) is 9.68. The summed E-state index contributed by atoms with van der Waals surface area (Å²) < 4.78 is 23.9. The van der Waals surface area contributed by atoms with Gasteiger partial charge in [-0.05, 0) is 83.3 Å². The molecule has 0 aromatic heterocycles. The molecule has 0 spiro atoms. The number of hydrogen-bond donors (Lipinski definition) is 1. The van der Waals surface area contributed by atoms with Crippen LogP contribution in [0, 0.1) is 22.7 Å². The lowest BCUT2D eigenvalue weighted by Crippen LogP contribution is -2.50. The second-order valence-electron chi connectivity index (χ2n) is 14.8. The molecule has 2 aromatic rings. The molecule has 0 radical (unpaired) electrons. The van der Waals surface area contributed by atoms with Crippen LogP contribution in [0.4, 0.5) is 4.79 Å². The van der Waals surface area contributed by atoms with Gasteiger partial charge in [-0.15, -0.1) is 0 Å². The molecule has 2 aliphatic carbocycles. The topological polar surface area (TPSA) is 83.1 Å². The monoisotopic (exact) mass is 593 g/mol. The van der Waals surface area contributed by atoms with E-state index in [1.54, 1.807) is 20.8 Å². The maximum absolute atomic E-state index is 14.3. The van der Waals surface area contributed by atoms with Crippen molar-refractivity contribution in [3.63, 3.8) is 0 Å². The molecule has 1 N–H and O–H groups in total. The van der Waals surface area contributed by atoms with Crippen LogP contribution in [-0.2, 0) is 23.7 Å². The van der Waals surface area contributed by atoms with E-state index in [0.717, 1.165) is 24.8 Å². The molecule has 2 bridgehead atoms. The van der Waals surface area contributed by atoms with Crippen molar-refractivity contribution < 1.29 is 28.5 Å². The summed E-state index contributed by atoms with van der Waals surface area (Å²) in [6, 6.07) is 18.7. The minimum absolute atomic E-state index is 0.0647. The zero-order valence-corrected chi connectivity index (χ0v) is 27.4. The third-order valence-electron chi connectivity index (χ3n) is 9.54. The summed E-state index contributed by atoms with van der Waals surface area (Å²) in [5.74, 6) is -0.790. The zero-order valence-electron chi connectivity index (χ0n) is 27.4. The molecule has 0 amide bonds. The van der Waals surface area contributed by atoms with E-state index < -0.39 is 41.4 Å². The van der Waals surface area contributed by atoms with Crippen molar-refractivity contribution in [2.45, 2.75) is 104 Å². The van der Waals surface area contributed by atoms with Crippen LogP contribution >= 0.6 is 0 Å². The van der Waals surface area contributed by atoms with E-state index in [1.807, 2.05) is 88.5 Å².